The Labute approximate surface area is 235 Å². The van der Waals surface area contributed by atoms with Crippen LogP contribution >= 0.6 is 0 Å². The van der Waals surface area contributed by atoms with Crippen molar-refractivity contribution in [2.45, 2.75) is 51.6 Å². The molecule has 0 unspecified atom stereocenters. The van der Waals surface area contributed by atoms with E-state index in [2.05, 4.69) is 20.4 Å². The molecule has 11 heteroatoms. The minimum absolute atomic E-state index is 0.0713. The van der Waals surface area contributed by atoms with Crippen LogP contribution in [0.5, 0.6) is 5.75 Å². The summed E-state index contributed by atoms with van der Waals surface area (Å²) < 4.78 is 40.2. The molecule has 0 saturated heterocycles. The summed E-state index contributed by atoms with van der Waals surface area (Å²) >= 11 is 0. The summed E-state index contributed by atoms with van der Waals surface area (Å²) in [6.07, 6.45) is 8.18. The molecular weight excluding hydrogens is 532 g/mol. The molecule has 41 heavy (non-hydrogen) atoms. The van der Waals surface area contributed by atoms with Crippen molar-refractivity contribution in [3.8, 4) is 17.1 Å². The van der Waals surface area contributed by atoms with E-state index in [0.717, 1.165) is 25.7 Å². The number of benzene rings is 2. The van der Waals surface area contributed by atoms with Crippen molar-refractivity contribution >= 4 is 22.8 Å². The van der Waals surface area contributed by atoms with Crippen LogP contribution in [0.4, 0.5) is 8.78 Å². The molecule has 2 aromatic heterocycles. The van der Waals surface area contributed by atoms with Crippen molar-refractivity contribution < 1.29 is 27.8 Å². The number of hydrogen-bond donors (Lipinski definition) is 1. The van der Waals surface area contributed by atoms with Gasteiger partial charge in [-0.1, -0.05) is 0 Å². The van der Waals surface area contributed by atoms with Crippen LogP contribution in [0.3, 0.4) is 0 Å². The summed E-state index contributed by atoms with van der Waals surface area (Å²) in [4.78, 5) is 33.9. The smallest absolute Gasteiger partial charge is 0.306 e. The minimum atomic E-state index is -0.529. The van der Waals surface area contributed by atoms with Crippen molar-refractivity contribution in [2.24, 2.45) is 5.92 Å². The van der Waals surface area contributed by atoms with E-state index in [4.69, 9.17) is 9.47 Å². The third-order valence-corrected chi connectivity index (χ3v) is 7.29. The number of methoxy groups -OCH3 is 1. The SMILES string of the molecule is CCOC(=O)CC1CCC(NC(=O)c2cc(F)cc3cnn(Cc4cnc(-c5cc(F)cc(OC)c5)nc4)c23)CC1. The highest BCUT2D eigenvalue weighted by Crippen LogP contribution is 2.29. The number of carbonyl (C=O) groups excluding carboxylic acids is 2. The third-order valence-electron chi connectivity index (χ3n) is 7.29. The van der Waals surface area contributed by atoms with E-state index >= 15 is 0 Å². The molecule has 0 aliphatic heterocycles. The second kappa shape index (κ2) is 12.4. The number of fused-ring (bicyclic) bond motifs is 1. The molecule has 214 valence electrons. The average molecular weight is 564 g/mol. The van der Waals surface area contributed by atoms with E-state index in [1.165, 1.54) is 37.6 Å². The van der Waals surface area contributed by atoms with Gasteiger partial charge in [-0.2, -0.15) is 5.10 Å². The normalized spacial score (nSPS) is 16.9. The Balaban J connectivity index is 1.30. The molecule has 1 fully saturated rings. The number of ether oxygens (including phenoxy) is 2. The van der Waals surface area contributed by atoms with E-state index in [0.29, 0.717) is 46.6 Å². The van der Waals surface area contributed by atoms with Gasteiger partial charge >= 0.3 is 5.97 Å². The van der Waals surface area contributed by atoms with Crippen molar-refractivity contribution in [1.82, 2.24) is 25.1 Å². The van der Waals surface area contributed by atoms with Crippen LogP contribution in [0.15, 0.2) is 48.9 Å². The molecule has 0 spiro atoms. The number of nitrogens with zero attached hydrogens (tertiary/aromatic N) is 4. The van der Waals surface area contributed by atoms with E-state index in [1.54, 1.807) is 30.1 Å². The zero-order chi connectivity index (χ0) is 28.9. The molecule has 1 N–H and O–H groups in total. The van der Waals surface area contributed by atoms with E-state index in [1.807, 2.05) is 0 Å². The number of rotatable bonds is 9. The van der Waals surface area contributed by atoms with Crippen molar-refractivity contribution in [3.05, 3.63) is 71.7 Å². The lowest BCUT2D eigenvalue weighted by Crippen LogP contribution is -2.38. The number of hydrogen-bond acceptors (Lipinski definition) is 7. The Bertz CT molecular complexity index is 1550. The topological polar surface area (TPSA) is 108 Å². The molecule has 0 radical (unpaired) electrons. The third kappa shape index (κ3) is 6.67. The largest absolute Gasteiger partial charge is 0.497 e. The highest BCUT2D eigenvalue weighted by atomic mass is 19.1. The molecule has 1 aliphatic carbocycles. The standard InChI is InChI=1S/C30H31F2N5O4/c1-3-41-27(38)8-18-4-6-24(7-5-18)36-30(39)26-13-23(32)10-21-16-35-37(28(21)26)17-19-14-33-29(34-15-19)20-9-22(31)12-25(11-20)40-2/h9-16,18,24H,3-8,17H2,1-2H3,(H,36,39). The van der Waals surface area contributed by atoms with Crippen LogP contribution in [-0.4, -0.2) is 51.4 Å². The Morgan fingerprint density at radius 3 is 2.44 bits per heavy atom. The van der Waals surface area contributed by atoms with Crippen molar-refractivity contribution in [2.75, 3.05) is 13.7 Å². The first kappa shape index (κ1) is 28.1. The molecule has 2 heterocycles. The summed E-state index contributed by atoms with van der Waals surface area (Å²) in [7, 11) is 1.45. The highest BCUT2D eigenvalue weighted by molar-refractivity contribution is 6.05. The number of aromatic nitrogens is 4. The predicted molar refractivity (Wildman–Crippen MR) is 147 cm³/mol. The zero-order valence-electron chi connectivity index (χ0n) is 22.9. The maximum atomic E-state index is 14.5. The Morgan fingerprint density at radius 2 is 1.73 bits per heavy atom. The summed E-state index contributed by atoms with van der Waals surface area (Å²) in [5.74, 6) is -0.631. The highest BCUT2D eigenvalue weighted by Gasteiger charge is 2.26. The van der Waals surface area contributed by atoms with Crippen LogP contribution in [0, 0.1) is 17.6 Å². The molecule has 4 aromatic rings. The van der Waals surface area contributed by atoms with Gasteiger partial charge in [0.25, 0.3) is 5.91 Å². The van der Waals surface area contributed by atoms with Gasteiger partial charge in [-0.3, -0.25) is 14.3 Å². The maximum absolute atomic E-state index is 14.5. The fraction of sp³-hybridized carbons (Fsp3) is 0.367. The molecule has 2 aromatic carbocycles. The summed E-state index contributed by atoms with van der Waals surface area (Å²) in [5, 5.41) is 7.94. The maximum Gasteiger partial charge on any atom is 0.306 e. The molecule has 5 rings (SSSR count). The molecule has 9 nitrogen and oxygen atoms in total. The minimum Gasteiger partial charge on any atom is -0.497 e. The predicted octanol–water partition coefficient (Wildman–Crippen LogP) is 5.07. The van der Waals surface area contributed by atoms with Gasteiger partial charge in [0, 0.05) is 47.4 Å². The van der Waals surface area contributed by atoms with Gasteiger partial charge in [0.05, 0.1) is 37.5 Å². The molecule has 1 amide bonds. The van der Waals surface area contributed by atoms with Crippen LogP contribution in [-0.2, 0) is 16.1 Å². The Hall–Kier alpha value is -4.41. The van der Waals surface area contributed by atoms with Crippen LogP contribution in [0.25, 0.3) is 22.3 Å². The lowest BCUT2D eigenvalue weighted by Gasteiger charge is -2.28. The second-order valence-corrected chi connectivity index (χ2v) is 10.2. The van der Waals surface area contributed by atoms with Gasteiger partial charge < -0.3 is 14.8 Å². The van der Waals surface area contributed by atoms with E-state index in [-0.39, 0.29) is 35.9 Å². The monoisotopic (exact) mass is 563 g/mol. The lowest BCUT2D eigenvalue weighted by molar-refractivity contribution is -0.144. The van der Waals surface area contributed by atoms with Crippen molar-refractivity contribution in [3.63, 3.8) is 0 Å². The zero-order valence-corrected chi connectivity index (χ0v) is 22.9. The number of amides is 1. The molecule has 1 saturated carbocycles. The first-order chi connectivity index (χ1) is 19.8. The fourth-order valence-corrected chi connectivity index (χ4v) is 5.29. The molecule has 1 aliphatic rings. The fourth-order valence-electron chi connectivity index (χ4n) is 5.29. The van der Waals surface area contributed by atoms with Gasteiger partial charge in [0.1, 0.15) is 17.4 Å². The summed E-state index contributed by atoms with van der Waals surface area (Å²) in [6.45, 7) is 2.39. The first-order valence-corrected chi connectivity index (χ1v) is 13.6. The number of halogens is 2. The quantitative estimate of drug-likeness (QED) is 0.283. The number of esters is 1. The molecule has 0 bridgehead atoms. The van der Waals surface area contributed by atoms with Crippen LogP contribution in [0.1, 0.15) is 54.9 Å². The Kier molecular flexibility index (Phi) is 8.51. The summed E-state index contributed by atoms with van der Waals surface area (Å²) in [5.41, 5.74) is 1.86. The molecule has 0 atom stereocenters. The Morgan fingerprint density at radius 1 is 1.00 bits per heavy atom. The number of carbonyl (C=O) groups is 2. The number of nitrogens with one attached hydrogen (secondary N) is 1. The van der Waals surface area contributed by atoms with Gasteiger partial charge in [0.2, 0.25) is 0 Å². The van der Waals surface area contributed by atoms with E-state index in [9.17, 15) is 18.4 Å². The van der Waals surface area contributed by atoms with Gasteiger partial charge in [-0.15, -0.1) is 0 Å². The van der Waals surface area contributed by atoms with Crippen LogP contribution in [0.2, 0.25) is 0 Å². The average Bonchev–Trinajstić information content (AvgIpc) is 3.35. The van der Waals surface area contributed by atoms with Crippen molar-refractivity contribution in [1.29, 1.82) is 0 Å². The van der Waals surface area contributed by atoms with E-state index < -0.39 is 11.6 Å². The second-order valence-electron chi connectivity index (χ2n) is 10.2. The van der Waals surface area contributed by atoms with Gasteiger partial charge in [0.15, 0.2) is 5.82 Å². The van der Waals surface area contributed by atoms with Gasteiger partial charge in [-0.05, 0) is 62.8 Å². The van der Waals surface area contributed by atoms with Crippen LogP contribution < -0.4 is 10.1 Å². The first-order valence-electron chi connectivity index (χ1n) is 13.6. The molecular formula is C30H31F2N5O4. The summed E-state index contributed by atoms with van der Waals surface area (Å²) in [6, 6.07) is 6.73. The lowest BCUT2D eigenvalue weighted by atomic mass is 9.84. The van der Waals surface area contributed by atoms with Gasteiger partial charge in [-0.25, -0.2) is 18.7 Å².